The number of sulfone groups is 1. The first kappa shape index (κ1) is 15.2. The van der Waals surface area contributed by atoms with Crippen molar-refractivity contribution in [3.05, 3.63) is 34.4 Å². The van der Waals surface area contributed by atoms with Gasteiger partial charge in [0.1, 0.15) is 9.84 Å². The van der Waals surface area contributed by atoms with Gasteiger partial charge in [-0.3, -0.25) is 0 Å². The van der Waals surface area contributed by atoms with Crippen LogP contribution in [0.25, 0.3) is 0 Å². The molecule has 1 unspecified atom stereocenters. The third kappa shape index (κ3) is 4.42. The van der Waals surface area contributed by atoms with Gasteiger partial charge < -0.3 is 5.73 Å². The van der Waals surface area contributed by atoms with Crippen molar-refractivity contribution in [1.29, 1.82) is 0 Å². The molecule has 0 aliphatic heterocycles. The zero-order chi connectivity index (χ0) is 13.9. The Bertz CT molecular complexity index is 498. The molecule has 0 saturated carbocycles. The molecule has 0 radical (unpaired) electrons. The molecule has 18 heavy (non-hydrogen) atoms. The fourth-order valence-corrected chi connectivity index (χ4v) is 3.18. The SMILES string of the molecule is Cc1cc(C)c(C(N)CCCS(C)(=O)=O)c(C)c1. The average molecular weight is 269 g/mol. The Morgan fingerprint density at radius 1 is 1.17 bits per heavy atom. The minimum atomic E-state index is -2.88. The second-order valence-corrected chi connectivity index (χ2v) is 7.45. The van der Waals surface area contributed by atoms with Crippen molar-refractivity contribution in [2.45, 2.75) is 39.7 Å². The summed E-state index contributed by atoms with van der Waals surface area (Å²) in [6.45, 7) is 6.19. The summed E-state index contributed by atoms with van der Waals surface area (Å²) < 4.78 is 22.2. The Hall–Kier alpha value is -0.870. The molecule has 1 rings (SSSR count). The van der Waals surface area contributed by atoms with Crippen LogP contribution in [0.1, 0.15) is 41.1 Å². The molecule has 0 amide bonds. The Kier molecular flexibility index (Phi) is 4.93. The van der Waals surface area contributed by atoms with Gasteiger partial charge in [0.05, 0.1) is 0 Å². The summed E-state index contributed by atoms with van der Waals surface area (Å²) in [5.41, 5.74) is 11.0. The van der Waals surface area contributed by atoms with E-state index in [-0.39, 0.29) is 11.8 Å². The lowest BCUT2D eigenvalue weighted by Gasteiger charge is -2.18. The fraction of sp³-hybridized carbons (Fsp3) is 0.571. The third-order valence-corrected chi connectivity index (χ3v) is 4.17. The van der Waals surface area contributed by atoms with E-state index in [0.29, 0.717) is 12.8 Å². The maximum Gasteiger partial charge on any atom is 0.147 e. The first-order chi connectivity index (χ1) is 8.20. The number of aryl methyl sites for hydroxylation is 3. The first-order valence-corrected chi connectivity index (χ1v) is 8.28. The van der Waals surface area contributed by atoms with Crippen molar-refractivity contribution in [1.82, 2.24) is 0 Å². The molecule has 4 heteroatoms. The number of benzene rings is 1. The Labute approximate surface area is 110 Å². The van der Waals surface area contributed by atoms with Crippen molar-refractivity contribution < 1.29 is 8.42 Å². The van der Waals surface area contributed by atoms with E-state index in [4.69, 9.17) is 5.73 Å². The molecule has 0 aliphatic carbocycles. The number of nitrogens with two attached hydrogens (primary N) is 1. The highest BCUT2D eigenvalue weighted by Crippen LogP contribution is 2.25. The fourth-order valence-electron chi connectivity index (χ4n) is 2.49. The first-order valence-electron chi connectivity index (χ1n) is 6.22. The lowest BCUT2D eigenvalue weighted by molar-refractivity contribution is 0.587. The maximum atomic E-state index is 11.1. The van der Waals surface area contributed by atoms with Crippen LogP contribution in [-0.4, -0.2) is 20.4 Å². The van der Waals surface area contributed by atoms with Crippen LogP contribution in [0.2, 0.25) is 0 Å². The van der Waals surface area contributed by atoms with Gasteiger partial charge in [0.2, 0.25) is 0 Å². The normalized spacial score (nSPS) is 13.6. The minimum absolute atomic E-state index is 0.0765. The van der Waals surface area contributed by atoms with Crippen molar-refractivity contribution in [3.8, 4) is 0 Å². The molecule has 0 saturated heterocycles. The van der Waals surface area contributed by atoms with Crippen LogP contribution in [-0.2, 0) is 9.84 Å². The largest absolute Gasteiger partial charge is 0.324 e. The van der Waals surface area contributed by atoms with Gasteiger partial charge in [-0.1, -0.05) is 17.7 Å². The van der Waals surface area contributed by atoms with Gasteiger partial charge in [-0.2, -0.15) is 0 Å². The molecule has 0 spiro atoms. The summed E-state index contributed by atoms with van der Waals surface area (Å²) in [4.78, 5) is 0. The Balaban J connectivity index is 2.76. The zero-order valence-corrected chi connectivity index (χ0v) is 12.5. The molecule has 0 heterocycles. The van der Waals surface area contributed by atoms with Gasteiger partial charge in [-0.15, -0.1) is 0 Å². The monoisotopic (exact) mass is 269 g/mol. The van der Waals surface area contributed by atoms with Crippen LogP contribution in [0.5, 0.6) is 0 Å². The number of rotatable bonds is 5. The van der Waals surface area contributed by atoms with E-state index in [9.17, 15) is 8.42 Å². The van der Waals surface area contributed by atoms with Gasteiger partial charge in [0, 0.05) is 18.1 Å². The van der Waals surface area contributed by atoms with Gasteiger partial charge in [0.15, 0.2) is 0 Å². The van der Waals surface area contributed by atoms with Crippen molar-refractivity contribution in [2.24, 2.45) is 5.73 Å². The summed E-state index contributed by atoms with van der Waals surface area (Å²) >= 11 is 0. The molecule has 3 nitrogen and oxygen atoms in total. The molecular weight excluding hydrogens is 246 g/mol. The number of hydrogen-bond acceptors (Lipinski definition) is 3. The lowest BCUT2D eigenvalue weighted by atomic mass is 9.92. The highest BCUT2D eigenvalue weighted by atomic mass is 32.2. The van der Waals surface area contributed by atoms with Crippen molar-refractivity contribution in [3.63, 3.8) is 0 Å². The second kappa shape index (κ2) is 5.85. The molecule has 1 aromatic carbocycles. The van der Waals surface area contributed by atoms with Gasteiger partial charge >= 0.3 is 0 Å². The van der Waals surface area contributed by atoms with Gasteiger partial charge in [-0.05, 0) is 50.3 Å². The molecule has 1 aromatic rings. The van der Waals surface area contributed by atoms with Crippen LogP contribution < -0.4 is 5.73 Å². The molecule has 0 bridgehead atoms. The van der Waals surface area contributed by atoms with E-state index in [1.807, 2.05) is 0 Å². The Morgan fingerprint density at radius 3 is 2.11 bits per heavy atom. The van der Waals surface area contributed by atoms with E-state index in [1.54, 1.807) is 0 Å². The summed E-state index contributed by atoms with van der Waals surface area (Å²) in [5, 5.41) is 0. The summed E-state index contributed by atoms with van der Waals surface area (Å²) in [6, 6.07) is 4.17. The Morgan fingerprint density at radius 2 is 1.67 bits per heavy atom. The van der Waals surface area contributed by atoms with Gasteiger partial charge in [-0.25, -0.2) is 8.42 Å². The van der Waals surface area contributed by atoms with Gasteiger partial charge in [0.25, 0.3) is 0 Å². The highest BCUT2D eigenvalue weighted by Gasteiger charge is 2.13. The highest BCUT2D eigenvalue weighted by molar-refractivity contribution is 7.90. The lowest BCUT2D eigenvalue weighted by Crippen LogP contribution is -2.15. The predicted octanol–water partition coefficient (Wildman–Crippen LogP) is 2.44. The third-order valence-electron chi connectivity index (χ3n) is 3.14. The van der Waals surface area contributed by atoms with E-state index in [1.165, 1.54) is 22.9 Å². The van der Waals surface area contributed by atoms with Crippen molar-refractivity contribution >= 4 is 9.84 Å². The molecule has 0 fully saturated rings. The minimum Gasteiger partial charge on any atom is -0.324 e. The summed E-state index contributed by atoms with van der Waals surface area (Å²) in [7, 11) is -2.88. The molecular formula is C14H23NO2S. The van der Waals surface area contributed by atoms with E-state index in [2.05, 4.69) is 32.9 Å². The van der Waals surface area contributed by atoms with Crippen LogP contribution in [0.4, 0.5) is 0 Å². The number of hydrogen-bond donors (Lipinski definition) is 1. The zero-order valence-electron chi connectivity index (χ0n) is 11.7. The molecule has 1 atom stereocenters. The van der Waals surface area contributed by atoms with Crippen LogP contribution in [0.15, 0.2) is 12.1 Å². The van der Waals surface area contributed by atoms with E-state index >= 15 is 0 Å². The predicted molar refractivity (Wildman–Crippen MR) is 76.5 cm³/mol. The molecule has 102 valence electrons. The van der Waals surface area contributed by atoms with E-state index in [0.717, 1.165) is 5.56 Å². The van der Waals surface area contributed by atoms with Crippen LogP contribution in [0.3, 0.4) is 0 Å². The van der Waals surface area contributed by atoms with E-state index < -0.39 is 9.84 Å². The molecule has 2 N–H and O–H groups in total. The quantitative estimate of drug-likeness (QED) is 0.893. The standard InChI is InChI=1S/C14H23NO2S/c1-10-8-11(2)14(12(3)9-10)13(15)6-5-7-18(4,16)17/h8-9,13H,5-7,15H2,1-4H3. The average Bonchev–Trinajstić information content (AvgIpc) is 2.13. The van der Waals surface area contributed by atoms with Crippen molar-refractivity contribution in [2.75, 3.05) is 12.0 Å². The smallest absolute Gasteiger partial charge is 0.147 e. The molecule has 0 aromatic heterocycles. The topological polar surface area (TPSA) is 60.2 Å². The van der Waals surface area contributed by atoms with Crippen LogP contribution >= 0.6 is 0 Å². The summed E-state index contributed by atoms with van der Waals surface area (Å²) in [5.74, 6) is 0.213. The summed E-state index contributed by atoms with van der Waals surface area (Å²) in [6.07, 6.45) is 2.59. The molecule has 0 aliphatic rings. The maximum absolute atomic E-state index is 11.1. The van der Waals surface area contributed by atoms with Crippen LogP contribution in [0, 0.1) is 20.8 Å². The second-order valence-electron chi connectivity index (χ2n) is 5.19.